The van der Waals surface area contributed by atoms with Gasteiger partial charge in [-0.25, -0.2) is 18.5 Å². The molecule has 2 aromatic carbocycles. The molecule has 124 valence electrons. The van der Waals surface area contributed by atoms with Crippen molar-refractivity contribution < 1.29 is 8.42 Å². The fourth-order valence-electron chi connectivity index (χ4n) is 2.21. The maximum atomic E-state index is 11.6. The Morgan fingerprint density at radius 2 is 1.88 bits per heavy atom. The van der Waals surface area contributed by atoms with Crippen LogP contribution in [0.5, 0.6) is 0 Å². The summed E-state index contributed by atoms with van der Waals surface area (Å²) in [5.74, 6) is 0. The van der Waals surface area contributed by atoms with E-state index in [2.05, 4.69) is 4.99 Å². The second-order valence-corrected chi connectivity index (χ2v) is 7.90. The topological polar surface area (TPSA) is 77.5 Å². The average Bonchev–Trinajstić information content (AvgIpc) is 2.89. The van der Waals surface area contributed by atoms with Gasteiger partial charge < -0.3 is 4.57 Å². The average molecular weight is 380 g/mol. The van der Waals surface area contributed by atoms with Gasteiger partial charge >= 0.3 is 0 Å². The number of hydrogen-bond acceptors (Lipinski definition) is 4. The van der Waals surface area contributed by atoms with Gasteiger partial charge in [0, 0.05) is 23.0 Å². The van der Waals surface area contributed by atoms with Crippen LogP contribution in [0.2, 0.25) is 5.02 Å². The Morgan fingerprint density at radius 3 is 2.54 bits per heavy atom. The molecule has 0 aliphatic rings. The first-order valence-corrected chi connectivity index (χ1v) is 9.73. The molecule has 2 N–H and O–H groups in total. The predicted octanol–water partition coefficient (Wildman–Crippen LogP) is 3.29. The molecule has 0 fully saturated rings. The normalized spacial score (nSPS) is 12.5. The predicted molar refractivity (Wildman–Crippen MR) is 96.8 cm³/mol. The third-order valence-corrected chi connectivity index (χ3v) is 5.61. The van der Waals surface area contributed by atoms with Crippen molar-refractivity contribution in [1.82, 2.24) is 4.57 Å². The van der Waals surface area contributed by atoms with Crippen LogP contribution >= 0.6 is 22.9 Å². The van der Waals surface area contributed by atoms with Crippen molar-refractivity contribution in [3.8, 4) is 11.3 Å². The van der Waals surface area contributed by atoms with Gasteiger partial charge in [0.15, 0.2) is 4.80 Å². The number of halogens is 1. The third-order valence-electron chi connectivity index (χ3n) is 3.45. The smallest absolute Gasteiger partial charge is 0.238 e. The monoisotopic (exact) mass is 379 g/mol. The second kappa shape index (κ2) is 6.52. The summed E-state index contributed by atoms with van der Waals surface area (Å²) in [5.41, 5.74) is 2.20. The molecule has 0 amide bonds. The van der Waals surface area contributed by atoms with Crippen LogP contribution < -0.4 is 9.94 Å². The molecule has 0 saturated carbocycles. The molecule has 0 atom stereocenters. The standard InChI is InChI=1S/C16H14ClN3O2S2/c1-20-15(10-23-16(20)19-11-5-3-2-4-6-11)13-9-12(24(18,21)22)7-8-14(13)17/h2-10H,1H3,(H2,18,21,22). The Kier molecular flexibility index (Phi) is 4.60. The molecular formula is C16H14ClN3O2S2. The summed E-state index contributed by atoms with van der Waals surface area (Å²) in [5, 5.41) is 7.54. The van der Waals surface area contributed by atoms with Crippen molar-refractivity contribution in [2.24, 2.45) is 17.2 Å². The molecule has 3 aromatic rings. The van der Waals surface area contributed by atoms with Crippen molar-refractivity contribution >= 4 is 38.6 Å². The van der Waals surface area contributed by atoms with E-state index < -0.39 is 10.0 Å². The zero-order valence-corrected chi connectivity index (χ0v) is 15.1. The lowest BCUT2D eigenvalue weighted by molar-refractivity contribution is 0.598. The number of benzene rings is 2. The molecule has 3 rings (SSSR count). The number of para-hydroxylation sites is 1. The van der Waals surface area contributed by atoms with Crippen molar-refractivity contribution in [3.63, 3.8) is 0 Å². The summed E-state index contributed by atoms with van der Waals surface area (Å²) in [6, 6.07) is 14.0. The van der Waals surface area contributed by atoms with Gasteiger partial charge in [0.05, 0.1) is 16.3 Å². The molecule has 0 aliphatic heterocycles. The molecule has 24 heavy (non-hydrogen) atoms. The lowest BCUT2D eigenvalue weighted by Crippen LogP contribution is -2.13. The van der Waals surface area contributed by atoms with Crippen LogP contribution in [0.1, 0.15) is 0 Å². The number of nitrogens with two attached hydrogens (primary N) is 1. The molecule has 0 bridgehead atoms. The number of primary sulfonamides is 1. The number of thiazole rings is 1. The molecule has 1 aromatic heterocycles. The van der Waals surface area contributed by atoms with E-state index in [4.69, 9.17) is 16.7 Å². The number of rotatable bonds is 3. The Morgan fingerprint density at radius 1 is 1.17 bits per heavy atom. The first-order chi connectivity index (χ1) is 11.4. The summed E-state index contributed by atoms with van der Waals surface area (Å²) in [7, 11) is -1.94. The molecule has 0 spiro atoms. The van der Waals surface area contributed by atoms with Gasteiger partial charge in [0.25, 0.3) is 0 Å². The highest BCUT2D eigenvalue weighted by Gasteiger charge is 2.14. The van der Waals surface area contributed by atoms with Crippen molar-refractivity contribution in [2.75, 3.05) is 0 Å². The first-order valence-electron chi connectivity index (χ1n) is 6.93. The van der Waals surface area contributed by atoms with E-state index in [0.29, 0.717) is 10.6 Å². The summed E-state index contributed by atoms with van der Waals surface area (Å²) in [4.78, 5) is 5.38. The second-order valence-electron chi connectivity index (χ2n) is 5.10. The fraction of sp³-hybridized carbons (Fsp3) is 0.0625. The third kappa shape index (κ3) is 3.44. The molecule has 5 nitrogen and oxygen atoms in total. The van der Waals surface area contributed by atoms with Gasteiger partial charge in [-0.3, -0.25) is 0 Å². The zero-order valence-electron chi connectivity index (χ0n) is 12.7. The highest BCUT2D eigenvalue weighted by atomic mass is 35.5. The number of sulfonamides is 1. The minimum atomic E-state index is -3.79. The molecule has 0 saturated heterocycles. The van der Waals surface area contributed by atoms with Crippen molar-refractivity contribution in [2.45, 2.75) is 4.90 Å². The van der Waals surface area contributed by atoms with E-state index in [1.807, 2.05) is 47.3 Å². The molecule has 8 heteroatoms. The van der Waals surface area contributed by atoms with Crippen molar-refractivity contribution in [1.29, 1.82) is 0 Å². The summed E-state index contributed by atoms with van der Waals surface area (Å²) >= 11 is 7.69. The molecule has 0 aliphatic carbocycles. The molecule has 0 radical (unpaired) electrons. The minimum Gasteiger partial charge on any atom is -0.319 e. The van der Waals surface area contributed by atoms with E-state index in [1.54, 1.807) is 0 Å². The van der Waals surface area contributed by atoms with E-state index in [0.717, 1.165) is 16.2 Å². The Labute approximate surface area is 148 Å². The highest BCUT2D eigenvalue weighted by molar-refractivity contribution is 7.89. The summed E-state index contributed by atoms with van der Waals surface area (Å²) in [6.45, 7) is 0. The van der Waals surface area contributed by atoms with Crippen LogP contribution in [0.3, 0.4) is 0 Å². The Bertz CT molecular complexity index is 1050. The largest absolute Gasteiger partial charge is 0.319 e. The van der Waals surface area contributed by atoms with Gasteiger partial charge in [-0.15, -0.1) is 11.3 Å². The minimum absolute atomic E-state index is 0.0228. The van der Waals surface area contributed by atoms with E-state index in [1.165, 1.54) is 29.5 Å². The van der Waals surface area contributed by atoms with E-state index in [-0.39, 0.29) is 4.90 Å². The van der Waals surface area contributed by atoms with Gasteiger partial charge in [-0.1, -0.05) is 29.8 Å². The Hall–Kier alpha value is -1.93. The Balaban J connectivity index is 2.14. The number of aromatic nitrogens is 1. The number of nitrogens with zero attached hydrogens (tertiary/aromatic N) is 2. The highest BCUT2D eigenvalue weighted by Crippen LogP contribution is 2.30. The van der Waals surface area contributed by atoms with E-state index >= 15 is 0 Å². The zero-order chi connectivity index (χ0) is 17.3. The van der Waals surface area contributed by atoms with Crippen molar-refractivity contribution in [3.05, 3.63) is 63.7 Å². The van der Waals surface area contributed by atoms with Crippen LogP contribution in [0.4, 0.5) is 5.69 Å². The van der Waals surface area contributed by atoms with Gasteiger partial charge in [-0.2, -0.15) is 0 Å². The SMILES string of the molecule is Cn1c(-c2cc(S(N)(=O)=O)ccc2Cl)csc1=Nc1ccccc1. The van der Waals surface area contributed by atoms with E-state index in [9.17, 15) is 8.42 Å². The fourth-order valence-corrected chi connectivity index (χ4v) is 3.88. The lowest BCUT2D eigenvalue weighted by atomic mass is 10.2. The molecule has 0 unspecified atom stereocenters. The van der Waals surface area contributed by atoms with Gasteiger partial charge in [-0.05, 0) is 30.3 Å². The lowest BCUT2D eigenvalue weighted by Gasteiger charge is -2.07. The van der Waals surface area contributed by atoms with Crippen LogP contribution in [0.25, 0.3) is 11.3 Å². The van der Waals surface area contributed by atoms with Gasteiger partial charge in [0.1, 0.15) is 0 Å². The molecular weight excluding hydrogens is 366 g/mol. The van der Waals surface area contributed by atoms with Crippen LogP contribution in [0, 0.1) is 0 Å². The maximum Gasteiger partial charge on any atom is 0.238 e. The molecule has 1 heterocycles. The summed E-state index contributed by atoms with van der Waals surface area (Å²) < 4.78 is 25.0. The first kappa shape index (κ1) is 16.9. The quantitative estimate of drug-likeness (QED) is 0.757. The van der Waals surface area contributed by atoms with Crippen LogP contribution in [-0.4, -0.2) is 13.0 Å². The van der Waals surface area contributed by atoms with Crippen LogP contribution in [0.15, 0.2) is 63.8 Å². The maximum absolute atomic E-state index is 11.6. The van der Waals surface area contributed by atoms with Gasteiger partial charge in [0.2, 0.25) is 10.0 Å². The summed E-state index contributed by atoms with van der Waals surface area (Å²) in [6.07, 6.45) is 0. The van der Waals surface area contributed by atoms with Crippen LogP contribution in [-0.2, 0) is 17.1 Å². The number of hydrogen-bond donors (Lipinski definition) is 1.